The molecule has 12 aromatic carbocycles. The molecule has 0 atom stereocenters. The van der Waals surface area contributed by atoms with Crippen LogP contribution in [0.4, 0.5) is 0 Å². The lowest BCUT2D eigenvalue weighted by Crippen LogP contribution is -2.29. The van der Waals surface area contributed by atoms with Gasteiger partial charge in [-0.3, -0.25) is 0 Å². The standard InChI is InChI=1S/C39H25N3S.C27H18ClN3.C12H9BO2S/c1-3-12-26(13-4-1)27-22-24-29(25-23-27)37-40-38(33-18-8-7-16-30(33)28-14-5-2-6-15-28)42-39(41-37)34-20-11-19-32-31-17-9-10-21-35(31)43-36(32)34;28-27-30-25(22-17-15-20(16-18-22)19-9-3-1-4-10-19)29-26(31-27)24-14-8-7-13-23(24)21-11-5-2-6-12-21;14-13(15)10-6-3-5-9-8-4-1-2-7-11(8)16-12(9)10/h1-25H;1-18H;1-7,14-15H. The van der Waals surface area contributed by atoms with Crippen LogP contribution in [0.15, 0.2) is 303 Å². The van der Waals surface area contributed by atoms with Crippen LogP contribution in [0.5, 0.6) is 0 Å². The second-order valence-corrected chi connectivity index (χ2v) is 23.7. The summed E-state index contributed by atoms with van der Waals surface area (Å²) in [5.41, 5.74) is 14.3. The normalized spacial score (nSPS) is 11.1. The molecule has 0 fully saturated rings. The van der Waals surface area contributed by atoms with Crippen molar-refractivity contribution in [3.63, 3.8) is 0 Å². The van der Waals surface area contributed by atoms with E-state index < -0.39 is 7.12 Å². The molecule has 8 nitrogen and oxygen atoms in total. The van der Waals surface area contributed by atoms with Crippen LogP contribution in [0.2, 0.25) is 5.28 Å². The first-order valence-electron chi connectivity index (χ1n) is 29.3. The molecule has 0 aliphatic heterocycles. The van der Waals surface area contributed by atoms with E-state index in [4.69, 9.17) is 31.5 Å². The van der Waals surface area contributed by atoms with Gasteiger partial charge in [0.25, 0.3) is 0 Å². The van der Waals surface area contributed by atoms with E-state index >= 15 is 0 Å². The highest BCUT2D eigenvalue weighted by atomic mass is 35.5. The summed E-state index contributed by atoms with van der Waals surface area (Å²) in [6.45, 7) is 0. The minimum Gasteiger partial charge on any atom is -0.423 e. The number of aromatic nitrogens is 6. The van der Waals surface area contributed by atoms with Crippen molar-refractivity contribution in [1.29, 1.82) is 0 Å². The van der Waals surface area contributed by atoms with Crippen LogP contribution in [-0.4, -0.2) is 47.1 Å². The van der Waals surface area contributed by atoms with Crippen LogP contribution in [0.1, 0.15) is 0 Å². The number of rotatable bonds is 10. The van der Waals surface area contributed by atoms with Gasteiger partial charge in [-0.2, -0.15) is 9.97 Å². The van der Waals surface area contributed by atoms with Crippen molar-refractivity contribution in [2.45, 2.75) is 0 Å². The summed E-state index contributed by atoms with van der Waals surface area (Å²) in [4.78, 5) is 28.9. The van der Waals surface area contributed by atoms with Gasteiger partial charge in [-0.25, -0.2) is 19.9 Å². The Hall–Kier alpha value is -10.6. The third-order valence-electron chi connectivity index (χ3n) is 15.6. The first-order chi connectivity index (χ1) is 44.4. The summed E-state index contributed by atoms with van der Waals surface area (Å²) >= 11 is 9.70. The quantitative estimate of drug-likeness (QED) is 0.130. The second kappa shape index (κ2) is 26.0. The van der Waals surface area contributed by atoms with Crippen molar-refractivity contribution >= 4 is 87.2 Å². The van der Waals surface area contributed by atoms with Gasteiger partial charge in [0.2, 0.25) is 5.28 Å². The van der Waals surface area contributed by atoms with E-state index in [1.54, 1.807) is 28.7 Å². The molecule has 0 radical (unpaired) electrons. The molecule has 90 heavy (non-hydrogen) atoms. The lowest BCUT2D eigenvalue weighted by molar-refractivity contribution is 0.426. The van der Waals surface area contributed by atoms with Crippen molar-refractivity contribution in [2.75, 3.05) is 0 Å². The Kier molecular flexibility index (Phi) is 16.5. The molecule has 4 heterocycles. The van der Waals surface area contributed by atoms with Crippen LogP contribution in [0.3, 0.4) is 0 Å². The molecule has 0 unspecified atom stereocenters. The van der Waals surface area contributed by atoms with Gasteiger partial charge in [-0.1, -0.05) is 285 Å². The van der Waals surface area contributed by atoms with Gasteiger partial charge in [0, 0.05) is 62.8 Å². The molecule has 0 aliphatic carbocycles. The van der Waals surface area contributed by atoms with E-state index in [1.807, 2.05) is 115 Å². The molecule has 0 spiro atoms. The molecule has 2 N–H and O–H groups in total. The Morgan fingerprint density at radius 2 is 0.556 bits per heavy atom. The minimum atomic E-state index is -1.41. The van der Waals surface area contributed by atoms with Crippen molar-refractivity contribution in [3.8, 4) is 101 Å². The lowest BCUT2D eigenvalue weighted by atomic mass is 9.80. The highest BCUT2D eigenvalue weighted by molar-refractivity contribution is 7.27. The molecule has 428 valence electrons. The van der Waals surface area contributed by atoms with Crippen molar-refractivity contribution in [2.24, 2.45) is 0 Å². The monoisotopic (exact) mass is 1210 g/mol. The lowest BCUT2D eigenvalue weighted by Gasteiger charge is -2.12. The second-order valence-electron chi connectivity index (χ2n) is 21.2. The average molecular weight is 1220 g/mol. The summed E-state index contributed by atoms with van der Waals surface area (Å²) in [6, 6.07) is 103. The number of halogens is 1. The summed E-state index contributed by atoms with van der Waals surface area (Å²) in [7, 11) is -1.41. The van der Waals surface area contributed by atoms with Crippen LogP contribution in [-0.2, 0) is 0 Å². The number of hydrogen-bond acceptors (Lipinski definition) is 10. The third kappa shape index (κ3) is 12.1. The maximum Gasteiger partial charge on any atom is 0.489 e. The fourth-order valence-electron chi connectivity index (χ4n) is 11.2. The summed E-state index contributed by atoms with van der Waals surface area (Å²) in [5, 5.41) is 23.5. The topological polar surface area (TPSA) is 118 Å². The molecule has 0 aliphatic rings. The Bertz CT molecular complexity index is 5170. The van der Waals surface area contributed by atoms with Gasteiger partial charge >= 0.3 is 7.12 Å². The van der Waals surface area contributed by atoms with E-state index in [1.165, 1.54) is 41.4 Å². The van der Waals surface area contributed by atoms with Crippen molar-refractivity contribution < 1.29 is 10.0 Å². The molecular weight excluding hydrogens is 1160 g/mol. The summed E-state index contributed by atoms with van der Waals surface area (Å²) in [5.74, 6) is 3.09. The van der Waals surface area contributed by atoms with E-state index in [9.17, 15) is 10.0 Å². The van der Waals surface area contributed by atoms with E-state index in [-0.39, 0.29) is 5.28 Å². The largest absolute Gasteiger partial charge is 0.489 e. The molecule has 16 rings (SSSR count). The number of nitrogens with zero attached hydrogens (tertiary/aromatic N) is 6. The SMILES string of the molecule is Clc1nc(-c2ccc(-c3ccccc3)cc2)nc(-c2ccccc2-c2ccccc2)n1.OB(O)c1cccc2c1sc1ccccc12.c1ccc(-c2ccc(-c3nc(-c4ccccc4-c4ccccc4)nc(-c4cccc5c4sc4ccccc45)n3)cc2)cc1. The van der Waals surface area contributed by atoms with Gasteiger partial charge < -0.3 is 10.0 Å². The first kappa shape index (κ1) is 57.1. The fourth-order valence-corrected chi connectivity index (χ4v) is 13.8. The minimum absolute atomic E-state index is 0.176. The van der Waals surface area contributed by atoms with Crippen LogP contribution in [0.25, 0.3) is 142 Å². The zero-order valence-corrected chi connectivity index (χ0v) is 50.6. The number of benzene rings is 12. The fraction of sp³-hybridized carbons (Fsp3) is 0. The van der Waals surface area contributed by atoms with Gasteiger partial charge in [-0.05, 0) is 85.2 Å². The first-order valence-corrected chi connectivity index (χ1v) is 31.3. The molecule has 0 saturated carbocycles. The van der Waals surface area contributed by atoms with Crippen LogP contribution in [0, 0.1) is 0 Å². The zero-order valence-electron chi connectivity index (χ0n) is 48.2. The van der Waals surface area contributed by atoms with E-state index in [0.29, 0.717) is 34.6 Å². The highest BCUT2D eigenvalue weighted by Gasteiger charge is 2.21. The molecule has 0 amide bonds. The molecule has 12 heteroatoms. The van der Waals surface area contributed by atoms with Crippen LogP contribution < -0.4 is 5.46 Å². The van der Waals surface area contributed by atoms with Crippen molar-refractivity contribution in [1.82, 2.24) is 29.9 Å². The molecule has 0 bridgehead atoms. The average Bonchev–Trinajstić information content (AvgIpc) is 1.68. The highest BCUT2D eigenvalue weighted by Crippen LogP contribution is 2.41. The predicted octanol–water partition coefficient (Wildman–Crippen LogP) is 19.5. The van der Waals surface area contributed by atoms with E-state index in [0.717, 1.165) is 71.3 Å². The zero-order chi connectivity index (χ0) is 60.8. The molecule has 16 aromatic rings. The number of thiophene rings is 2. The Labute approximate surface area is 533 Å². The van der Waals surface area contributed by atoms with Gasteiger partial charge in [0.05, 0.1) is 0 Å². The Morgan fingerprint density at radius 3 is 1.04 bits per heavy atom. The smallest absolute Gasteiger partial charge is 0.423 e. The van der Waals surface area contributed by atoms with Crippen LogP contribution >= 0.6 is 34.3 Å². The maximum atomic E-state index is 9.31. The molecule has 0 saturated heterocycles. The summed E-state index contributed by atoms with van der Waals surface area (Å²) in [6.07, 6.45) is 0. The van der Waals surface area contributed by atoms with E-state index in [2.05, 4.69) is 192 Å². The Morgan fingerprint density at radius 1 is 0.244 bits per heavy atom. The van der Waals surface area contributed by atoms with Crippen molar-refractivity contribution in [3.05, 3.63) is 309 Å². The van der Waals surface area contributed by atoms with Gasteiger partial charge in [0.15, 0.2) is 29.1 Å². The van der Waals surface area contributed by atoms with Gasteiger partial charge in [-0.15, -0.1) is 22.7 Å². The van der Waals surface area contributed by atoms with Gasteiger partial charge in [0.1, 0.15) is 0 Å². The number of hydrogen-bond donors (Lipinski definition) is 2. The third-order valence-corrected chi connectivity index (χ3v) is 18.2. The number of fused-ring (bicyclic) bond motifs is 6. The Balaban J connectivity index is 0.000000130. The summed E-state index contributed by atoms with van der Waals surface area (Å²) < 4.78 is 4.57. The molecular formula is C78H52BClN6O2S2. The predicted molar refractivity (Wildman–Crippen MR) is 376 cm³/mol. The molecule has 4 aromatic heterocycles. The maximum absolute atomic E-state index is 9.31.